The van der Waals surface area contributed by atoms with Crippen molar-refractivity contribution in [1.29, 1.82) is 0 Å². The number of alkyl halides is 2. The standard InChI is InChI=1S/C16H21F2N3O9/c1-7(2)12(25)29-8(3)30-15(28)20-10-4-5-21(14(27)19-10)13(26)16(17,18)11(24)9(23)6-22/h4-5,7-9,11,22-24H,6H2,1-3H3,(H,19,20,27,28)/t8?,9-,11-/m1/s1. The number of nitrogens with one attached hydrogen (secondary N) is 1. The van der Waals surface area contributed by atoms with E-state index in [0.717, 1.165) is 6.07 Å². The fourth-order valence-electron chi connectivity index (χ4n) is 1.86. The number of aliphatic hydroxyl groups is 3. The topological polar surface area (TPSA) is 177 Å². The van der Waals surface area contributed by atoms with Crippen molar-refractivity contribution in [3.63, 3.8) is 0 Å². The maximum Gasteiger partial charge on any atom is 0.415 e. The summed E-state index contributed by atoms with van der Waals surface area (Å²) in [6, 6.07) is 0.802. The first kappa shape index (κ1) is 25.1. The van der Waals surface area contributed by atoms with E-state index in [1.165, 1.54) is 6.92 Å². The second-order valence-electron chi connectivity index (χ2n) is 6.28. The van der Waals surface area contributed by atoms with Crippen LogP contribution in [-0.4, -0.2) is 73.9 Å². The van der Waals surface area contributed by atoms with Gasteiger partial charge in [-0.15, -0.1) is 0 Å². The summed E-state index contributed by atoms with van der Waals surface area (Å²) >= 11 is 0. The lowest BCUT2D eigenvalue weighted by molar-refractivity contribution is -0.168. The molecule has 1 aromatic rings. The van der Waals surface area contributed by atoms with E-state index < -0.39 is 66.4 Å². The molecule has 1 heterocycles. The Morgan fingerprint density at radius 3 is 2.33 bits per heavy atom. The van der Waals surface area contributed by atoms with E-state index in [4.69, 9.17) is 19.7 Å². The predicted molar refractivity (Wildman–Crippen MR) is 93.7 cm³/mol. The molecule has 1 rings (SSSR count). The molecule has 0 bridgehead atoms. The largest absolute Gasteiger partial charge is 0.425 e. The molecule has 1 amide bonds. The second-order valence-corrected chi connectivity index (χ2v) is 6.28. The maximum atomic E-state index is 13.9. The normalized spacial score (nSPS) is 14.6. The van der Waals surface area contributed by atoms with E-state index in [9.17, 15) is 33.1 Å². The molecule has 4 N–H and O–H groups in total. The minimum Gasteiger partial charge on any atom is -0.425 e. The van der Waals surface area contributed by atoms with Crippen LogP contribution in [0.3, 0.4) is 0 Å². The van der Waals surface area contributed by atoms with E-state index in [1.807, 2.05) is 5.32 Å². The van der Waals surface area contributed by atoms with Gasteiger partial charge in [0, 0.05) is 13.1 Å². The van der Waals surface area contributed by atoms with Crippen molar-refractivity contribution in [1.82, 2.24) is 9.55 Å². The smallest absolute Gasteiger partial charge is 0.415 e. The molecule has 0 radical (unpaired) electrons. The Labute approximate surface area is 168 Å². The van der Waals surface area contributed by atoms with Gasteiger partial charge in [0.15, 0.2) is 6.10 Å². The van der Waals surface area contributed by atoms with Crippen LogP contribution in [0.15, 0.2) is 17.1 Å². The number of hydrogen-bond donors (Lipinski definition) is 4. The van der Waals surface area contributed by atoms with Gasteiger partial charge in [-0.05, 0) is 6.07 Å². The van der Waals surface area contributed by atoms with E-state index in [2.05, 4.69) is 4.98 Å². The summed E-state index contributed by atoms with van der Waals surface area (Å²) in [6.45, 7) is 3.11. The molecule has 0 spiro atoms. The number of anilines is 1. The second kappa shape index (κ2) is 10.2. The Morgan fingerprint density at radius 2 is 1.83 bits per heavy atom. The zero-order chi connectivity index (χ0) is 23.2. The lowest BCUT2D eigenvalue weighted by atomic mass is 10.1. The Bertz CT molecular complexity index is 843. The highest BCUT2D eigenvalue weighted by molar-refractivity contribution is 5.87. The van der Waals surface area contributed by atoms with Gasteiger partial charge in [-0.2, -0.15) is 13.8 Å². The molecule has 0 aromatic carbocycles. The van der Waals surface area contributed by atoms with Crippen LogP contribution in [0.2, 0.25) is 0 Å². The minimum absolute atomic E-state index is 0.156. The van der Waals surface area contributed by atoms with Gasteiger partial charge in [0.1, 0.15) is 11.9 Å². The van der Waals surface area contributed by atoms with E-state index >= 15 is 0 Å². The SMILES string of the molecule is CC(OC(=O)Nc1ccn(C(=O)C(F)(F)[C@H](O)[C@H](O)CO)c(=O)n1)OC(=O)C(C)C. The Morgan fingerprint density at radius 1 is 1.23 bits per heavy atom. The third-order valence-electron chi connectivity index (χ3n) is 3.49. The molecule has 0 aliphatic heterocycles. The lowest BCUT2D eigenvalue weighted by Crippen LogP contribution is -2.53. The van der Waals surface area contributed by atoms with Gasteiger partial charge in [-0.1, -0.05) is 13.8 Å². The van der Waals surface area contributed by atoms with Crippen molar-refractivity contribution >= 4 is 23.8 Å². The van der Waals surface area contributed by atoms with Gasteiger partial charge in [0.2, 0.25) is 6.29 Å². The van der Waals surface area contributed by atoms with Crippen LogP contribution >= 0.6 is 0 Å². The summed E-state index contributed by atoms with van der Waals surface area (Å²) in [5.41, 5.74) is -1.54. The number of halogens is 2. The van der Waals surface area contributed by atoms with Crippen molar-refractivity contribution in [2.24, 2.45) is 5.92 Å². The van der Waals surface area contributed by atoms with Gasteiger partial charge in [0.25, 0.3) is 0 Å². The van der Waals surface area contributed by atoms with Crippen LogP contribution in [0.25, 0.3) is 0 Å². The number of esters is 1. The number of ether oxygens (including phenoxy) is 2. The number of aliphatic hydroxyl groups excluding tert-OH is 3. The molecule has 14 heteroatoms. The van der Waals surface area contributed by atoms with Crippen molar-refractivity contribution in [3.05, 3.63) is 22.7 Å². The van der Waals surface area contributed by atoms with Gasteiger partial charge < -0.3 is 24.8 Å². The van der Waals surface area contributed by atoms with Crippen molar-refractivity contribution in [2.75, 3.05) is 11.9 Å². The van der Waals surface area contributed by atoms with Gasteiger partial charge in [0.05, 0.1) is 12.5 Å². The number of carbonyl (C=O) groups excluding carboxylic acids is 3. The average Bonchev–Trinajstić information content (AvgIpc) is 2.65. The fraction of sp³-hybridized carbons (Fsp3) is 0.562. The molecule has 12 nitrogen and oxygen atoms in total. The summed E-state index contributed by atoms with van der Waals surface area (Å²) in [5, 5.41) is 29.0. The summed E-state index contributed by atoms with van der Waals surface area (Å²) in [4.78, 5) is 50.0. The molecule has 0 fully saturated rings. The Balaban J connectivity index is 2.87. The Kier molecular flexibility index (Phi) is 8.50. The number of carbonyl (C=O) groups is 3. The number of amides is 1. The van der Waals surface area contributed by atoms with Crippen molar-refractivity contribution in [3.8, 4) is 0 Å². The highest BCUT2D eigenvalue weighted by atomic mass is 19.3. The highest BCUT2D eigenvalue weighted by Crippen LogP contribution is 2.23. The quantitative estimate of drug-likeness (QED) is 0.301. The van der Waals surface area contributed by atoms with Crippen LogP contribution < -0.4 is 11.0 Å². The summed E-state index contributed by atoms with van der Waals surface area (Å²) in [6.07, 6.45) is -7.25. The average molecular weight is 437 g/mol. The molecular formula is C16H21F2N3O9. The van der Waals surface area contributed by atoms with Crippen LogP contribution in [0.5, 0.6) is 0 Å². The molecule has 168 valence electrons. The predicted octanol–water partition coefficient (Wildman–Crippen LogP) is -0.673. The lowest BCUT2D eigenvalue weighted by Gasteiger charge is -2.24. The zero-order valence-electron chi connectivity index (χ0n) is 16.1. The van der Waals surface area contributed by atoms with Gasteiger partial charge in [-0.25, -0.2) is 14.2 Å². The van der Waals surface area contributed by atoms with E-state index in [-0.39, 0.29) is 4.57 Å². The van der Waals surface area contributed by atoms with Crippen molar-refractivity contribution in [2.45, 2.75) is 45.2 Å². The third-order valence-corrected chi connectivity index (χ3v) is 3.49. The van der Waals surface area contributed by atoms with Crippen LogP contribution in [0.1, 0.15) is 25.6 Å². The third kappa shape index (κ3) is 6.27. The van der Waals surface area contributed by atoms with E-state index in [0.29, 0.717) is 6.20 Å². The molecule has 1 unspecified atom stereocenters. The minimum atomic E-state index is -4.63. The molecule has 0 aliphatic carbocycles. The highest BCUT2D eigenvalue weighted by Gasteiger charge is 2.50. The fourth-order valence-corrected chi connectivity index (χ4v) is 1.86. The molecule has 3 atom stereocenters. The summed E-state index contributed by atoms with van der Waals surface area (Å²) in [7, 11) is 0. The molecule has 0 saturated carbocycles. The molecule has 1 aromatic heterocycles. The number of rotatable bonds is 8. The molecule has 0 aliphatic rings. The summed E-state index contributed by atoms with van der Waals surface area (Å²) < 4.78 is 37.2. The van der Waals surface area contributed by atoms with Crippen LogP contribution in [-0.2, 0) is 14.3 Å². The molecule has 30 heavy (non-hydrogen) atoms. The maximum absolute atomic E-state index is 13.9. The van der Waals surface area contributed by atoms with E-state index in [1.54, 1.807) is 13.8 Å². The first-order valence-electron chi connectivity index (χ1n) is 8.48. The monoisotopic (exact) mass is 437 g/mol. The zero-order valence-corrected chi connectivity index (χ0v) is 16.1. The first-order chi connectivity index (χ1) is 13.8. The summed E-state index contributed by atoms with van der Waals surface area (Å²) in [5.74, 6) is -8.43. The molecule has 0 saturated heterocycles. The van der Waals surface area contributed by atoms with Crippen LogP contribution in [0.4, 0.5) is 19.4 Å². The number of hydrogen-bond acceptors (Lipinski definition) is 10. The van der Waals surface area contributed by atoms with Crippen molar-refractivity contribution < 1.29 is 48.0 Å². The van der Waals surface area contributed by atoms with Crippen LogP contribution in [0, 0.1) is 5.92 Å². The number of aromatic nitrogens is 2. The Hall–Kier alpha value is -2.97. The number of nitrogens with zero attached hydrogens (tertiary/aromatic N) is 2. The van der Waals surface area contributed by atoms with Gasteiger partial charge in [-0.3, -0.25) is 14.9 Å². The first-order valence-corrected chi connectivity index (χ1v) is 8.48. The van der Waals surface area contributed by atoms with Gasteiger partial charge >= 0.3 is 29.6 Å². The molecular weight excluding hydrogens is 416 g/mol.